The van der Waals surface area contributed by atoms with Gasteiger partial charge in [0.15, 0.2) is 9.84 Å². The summed E-state index contributed by atoms with van der Waals surface area (Å²) in [6.45, 7) is 3.66. The first kappa shape index (κ1) is 12.9. The maximum Gasteiger partial charge on any atom is 0.175 e. The van der Waals surface area contributed by atoms with Crippen molar-refractivity contribution < 1.29 is 13.2 Å². The fourth-order valence-electron chi connectivity index (χ4n) is 1.50. The fourth-order valence-corrected chi connectivity index (χ4v) is 2.13. The average molecular weight is 240 g/mol. The van der Waals surface area contributed by atoms with Crippen LogP contribution in [0.15, 0.2) is 29.2 Å². The van der Waals surface area contributed by atoms with Crippen molar-refractivity contribution in [2.75, 3.05) is 6.26 Å². The van der Waals surface area contributed by atoms with Crippen LogP contribution in [0.3, 0.4) is 0 Å². The van der Waals surface area contributed by atoms with Gasteiger partial charge >= 0.3 is 0 Å². The van der Waals surface area contributed by atoms with Crippen LogP contribution in [0.1, 0.15) is 31.7 Å². The number of carbonyl (C=O) groups is 1. The van der Waals surface area contributed by atoms with Gasteiger partial charge in [-0.25, -0.2) is 8.42 Å². The second kappa shape index (κ2) is 4.78. The zero-order valence-electron chi connectivity index (χ0n) is 9.73. The Kier molecular flexibility index (Phi) is 3.86. The molecule has 0 radical (unpaired) electrons. The van der Waals surface area contributed by atoms with Crippen molar-refractivity contribution in [3.63, 3.8) is 0 Å². The van der Waals surface area contributed by atoms with Crippen LogP contribution in [-0.4, -0.2) is 20.5 Å². The van der Waals surface area contributed by atoms with Crippen LogP contribution in [-0.2, 0) is 14.6 Å². The summed E-state index contributed by atoms with van der Waals surface area (Å²) >= 11 is 0. The molecular formula is C12H16O3S. The molecule has 4 heteroatoms. The Morgan fingerprint density at radius 1 is 1.25 bits per heavy atom. The van der Waals surface area contributed by atoms with Gasteiger partial charge in [-0.3, -0.25) is 4.79 Å². The van der Waals surface area contributed by atoms with Gasteiger partial charge in [-0.15, -0.1) is 0 Å². The topological polar surface area (TPSA) is 51.2 Å². The molecule has 0 saturated heterocycles. The molecule has 0 fully saturated rings. The van der Waals surface area contributed by atoms with Gasteiger partial charge in [0.2, 0.25) is 0 Å². The highest BCUT2D eigenvalue weighted by Crippen LogP contribution is 2.19. The number of hydrogen-bond donors (Lipinski definition) is 0. The summed E-state index contributed by atoms with van der Waals surface area (Å²) in [5.74, 6) is -0.00860. The van der Waals surface area contributed by atoms with Gasteiger partial charge in [0, 0.05) is 18.6 Å². The molecule has 0 N–H and O–H groups in total. The lowest BCUT2D eigenvalue weighted by molar-refractivity contribution is -0.119. The van der Waals surface area contributed by atoms with Gasteiger partial charge in [-0.05, 0) is 17.7 Å². The molecular weight excluding hydrogens is 224 g/mol. The standard InChI is InChI=1S/C12H16O3S/c1-4-12(13)9(2)10-5-7-11(8-6-10)16(3,14)15/h5-9H,4H2,1-3H3. The summed E-state index contributed by atoms with van der Waals surface area (Å²) in [5.41, 5.74) is 0.860. The van der Waals surface area contributed by atoms with E-state index in [1.807, 2.05) is 13.8 Å². The lowest BCUT2D eigenvalue weighted by Crippen LogP contribution is -2.07. The predicted molar refractivity (Wildman–Crippen MR) is 63.3 cm³/mol. The molecule has 0 heterocycles. The summed E-state index contributed by atoms with van der Waals surface area (Å²) in [6.07, 6.45) is 1.66. The molecule has 0 aliphatic carbocycles. The molecule has 0 amide bonds. The molecule has 3 nitrogen and oxygen atoms in total. The number of sulfone groups is 1. The molecule has 0 bridgehead atoms. The highest BCUT2D eigenvalue weighted by Gasteiger charge is 2.14. The number of rotatable bonds is 4. The second-order valence-corrected chi connectivity index (χ2v) is 5.90. The van der Waals surface area contributed by atoms with E-state index >= 15 is 0 Å². The predicted octanol–water partition coefficient (Wildman–Crippen LogP) is 2.17. The first-order valence-corrected chi connectivity index (χ1v) is 7.08. The third kappa shape index (κ3) is 2.92. The molecule has 88 valence electrons. The maximum atomic E-state index is 11.5. The summed E-state index contributed by atoms with van der Waals surface area (Å²) < 4.78 is 22.5. The van der Waals surface area contributed by atoms with E-state index < -0.39 is 9.84 Å². The van der Waals surface area contributed by atoms with Crippen LogP contribution in [0.25, 0.3) is 0 Å². The normalized spacial score (nSPS) is 13.4. The van der Waals surface area contributed by atoms with Crippen molar-refractivity contribution in [3.8, 4) is 0 Å². The number of Topliss-reactive ketones (excluding diaryl/α,β-unsaturated/α-hetero) is 1. The molecule has 0 aliphatic rings. The minimum Gasteiger partial charge on any atom is -0.299 e. The quantitative estimate of drug-likeness (QED) is 0.810. The smallest absolute Gasteiger partial charge is 0.175 e. The first-order valence-electron chi connectivity index (χ1n) is 5.19. The van der Waals surface area contributed by atoms with Crippen LogP contribution < -0.4 is 0 Å². The number of benzene rings is 1. The molecule has 0 spiro atoms. The Morgan fingerprint density at radius 3 is 2.12 bits per heavy atom. The lowest BCUT2D eigenvalue weighted by Gasteiger charge is -2.09. The first-order chi connectivity index (χ1) is 7.36. The van der Waals surface area contributed by atoms with Crippen molar-refractivity contribution in [2.24, 2.45) is 0 Å². The number of carbonyl (C=O) groups excluding carboxylic acids is 1. The summed E-state index contributed by atoms with van der Waals surface area (Å²) in [5, 5.41) is 0. The zero-order valence-corrected chi connectivity index (χ0v) is 10.5. The Labute approximate surface area is 96.4 Å². The minimum atomic E-state index is -3.16. The van der Waals surface area contributed by atoms with Crippen molar-refractivity contribution in [2.45, 2.75) is 31.1 Å². The molecule has 1 atom stereocenters. The third-order valence-corrected chi connectivity index (χ3v) is 3.77. The number of hydrogen-bond acceptors (Lipinski definition) is 3. The van der Waals surface area contributed by atoms with E-state index in [9.17, 15) is 13.2 Å². The van der Waals surface area contributed by atoms with Gasteiger partial charge in [-0.1, -0.05) is 26.0 Å². The van der Waals surface area contributed by atoms with Gasteiger partial charge in [0.05, 0.1) is 4.90 Å². The molecule has 1 unspecified atom stereocenters. The molecule has 16 heavy (non-hydrogen) atoms. The van der Waals surface area contributed by atoms with E-state index in [0.717, 1.165) is 5.56 Å². The second-order valence-electron chi connectivity index (χ2n) is 3.88. The van der Waals surface area contributed by atoms with Gasteiger partial charge in [0.25, 0.3) is 0 Å². The van der Waals surface area contributed by atoms with E-state index in [4.69, 9.17) is 0 Å². The van der Waals surface area contributed by atoms with Crippen LogP contribution in [0.2, 0.25) is 0 Å². The highest BCUT2D eigenvalue weighted by molar-refractivity contribution is 7.90. The van der Waals surface area contributed by atoms with Gasteiger partial charge < -0.3 is 0 Å². The Hall–Kier alpha value is -1.16. The molecule has 1 aromatic rings. The summed E-state index contributed by atoms with van der Waals surface area (Å²) in [6, 6.07) is 6.50. The van der Waals surface area contributed by atoms with Gasteiger partial charge in [-0.2, -0.15) is 0 Å². The van der Waals surface area contributed by atoms with Crippen LogP contribution in [0.4, 0.5) is 0 Å². The van der Waals surface area contributed by atoms with Crippen molar-refractivity contribution in [1.29, 1.82) is 0 Å². The van der Waals surface area contributed by atoms with Crippen LogP contribution in [0.5, 0.6) is 0 Å². The van der Waals surface area contributed by atoms with E-state index in [1.165, 1.54) is 6.26 Å². The Bertz CT molecular complexity index is 471. The Balaban J connectivity index is 3.00. The Morgan fingerprint density at radius 2 is 1.75 bits per heavy atom. The van der Waals surface area contributed by atoms with Crippen molar-refractivity contribution in [1.82, 2.24) is 0 Å². The SMILES string of the molecule is CCC(=O)C(C)c1ccc(S(C)(=O)=O)cc1. The van der Waals surface area contributed by atoms with E-state index in [0.29, 0.717) is 6.42 Å². The zero-order chi connectivity index (χ0) is 12.3. The molecule has 0 aliphatic heterocycles. The monoisotopic (exact) mass is 240 g/mol. The summed E-state index contributed by atoms with van der Waals surface area (Å²) in [7, 11) is -3.16. The van der Waals surface area contributed by atoms with Crippen molar-refractivity contribution in [3.05, 3.63) is 29.8 Å². The van der Waals surface area contributed by atoms with Crippen molar-refractivity contribution >= 4 is 15.6 Å². The lowest BCUT2D eigenvalue weighted by atomic mass is 9.95. The fraction of sp³-hybridized carbons (Fsp3) is 0.417. The van der Waals surface area contributed by atoms with Crippen LogP contribution >= 0.6 is 0 Å². The highest BCUT2D eigenvalue weighted by atomic mass is 32.2. The summed E-state index contributed by atoms with van der Waals surface area (Å²) in [4.78, 5) is 11.8. The third-order valence-electron chi connectivity index (χ3n) is 2.64. The molecule has 1 rings (SSSR count). The largest absolute Gasteiger partial charge is 0.299 e. The van der Waals surface area contributed by atoms with Crippen LogP contribution in [0, 0.1) is 0 Å². The van der Waals surface area contributed by atoms with E-state index in [1.54, 1.807) is 24.3 Å². The average Bonchev–Trinajstić information content (AvgIpc) is 2.26. The molecule has 1 aromatic carbocycles. The van der Waals surface area contributed by atoms with Gasteiger partial charge in [0.1, 0.15) is 5.78 Å². The minimum absolute atomic E-state index is 0.159. The molecule has 0 aromatic heterocycles. The van der Waals surface area contributed by atoms with E-state index in [-0.39, 0.29) is 16.6 Å². The maximum absolute atomic E-state index is 11.5. The molecule has 0 saturated carbocycles. The number of ketones is 1. The van der Waals surface area contributed by atoms with E-state index in [2.05, 4.69) is 0 Å².